The minimum Gasteiger partial charge on any atom is -0.488 e. The number of nitro groups is 1. The van der Waals surface area contributed by atoms with Crippen molar-refractivity contribution in [3.63, 3.8) is 0 Å². The standard InChI is InChI=1S/C14H20FN3O5S/c1-23-14-11(15)6-10(7-13(14)18(19)20)24(21,22)17-12-5-3-2-4-9(12)8-16/h6-7,9,12,17H,2-5,8,16H2,1H3. The SMILES string of the molecule is COc1c(F)cc(S(=O)(=O)NC2CCCCC2CN)cc1[N+](=O)[O-]. The number of nitrogens with one attached hydrogen (secondary N) is 1. The van der Waals surface area contributed by atoms with Crippen LogP contribution in [0.3, 0.4) is 0 Å². The van der Waals surface area contributed by atoms with Gasteiger partial charge in [0.2, 0.25) is 15.8 Å². The van der Waals surface area contributed by atoms with Gasteiger partial charge in [0.25, 0.3) is 0 Å². The summed E-state index contributed by atoms with van der Waals surface area (Å²) in [6.07, 6.45) is 3.27. The van der Waals surface area contributed by atoms with Crippen molar-refractivity contribution in [1.29, 1.82) is 0 Å². The molecular formula is C14H20FN3O5S. The van der Waals surface area contributed by atoms with Crippen molar-refractivity contribution in [3.05, 3.63) is 28.1 Å². The molecule has 0 spiro atoms. The van der Waals surface area contributed by atoms with Crippen LogP contribution in [0.4, 0.5) is 10.1 Å². The maximum absolute atomic E-state index is 14.0. The normalized spacial score (nSPS) is 21.5. The first-order chi connectivity index (χ1) is 11.3. The number of hydrogen-bond acceptors (Lipinski definition) is 6. The third-order valence-corrected chi connectivity index (χ3v) is 5.70. The number of nitro benzene ring substituents is 1. The van der Waals surface area contributed by atoms with E-state index in [1.807, 2.05) is 0 Å². The van der Waals surface area contributed by atoms with Crippen LogP contribution in [0.15, 0.2) is 17.0 Å². The number of hydrogen-bond donors (Lipinski definition) is 2. The van der Waals surface area contributed by atoms with Crippen molar-refractivity contribution < 1.29 is 22.5 Å². The molecule has 0 heterocycles. The van der Waals surface area contributed by atoms with E-state index < -0.39 is 37.1 Å². The highest BCUT2D eigenvalue weighted by molar-refractivity contribution is 7.89. The van der Waals surface area contributed by atoms with Gasteiger partial charge in [-0.3, -0.25) is 10.1 Å². The Morgan fingerprint density at radius 3 is 2.67 bits per heavy atom. The second-order valence-corrected chi connectivity index (χ2v) is 7.44. The topological polar surface area (TPSA) is 125 Å². The molecule has 8 nitrogen and oxygen atoms in total. The molecule has 0 radical (unpaired) electrons. The Morgan fingerprint density at radius 1 is 1.42 bits per heavy atom. The maximum atomic E-state index is 14.0. The van der Waals surface area contributed by atoms with Gasteiger partial charge in [-0.2, -0.15) is 0 Å². The molecule has 1 aliphatic rings. The van der Waals surface area contributed by atoms with Crippen LogP contribution in [0.2, 0.25) is 0 Å². The highest BCUT2D eigenvalue weighted by Crippen LogP contribution is 2.33. The van der Waals surface area contributed by atoms with E-state index in [0.29, 0.717) is 19.0 Å². The number of nitrogens with zero attached hydrogens (tertiary/aromatic N) is 1. The van der Waals surface area contributed by atoms with Gasteiger partial charge < -0.3 is 10.5 Å². The van der Waals surface area contributed by atoms with E-state index in [0.717, 1.165) is 32.4 Å². The molecule has 2 atom stereocenters. The van der Waals surface area contributed by atoms with Crippen LogP contribution in [-0.2, 0) is 10.0 Å². The van der Waals surface area contributed by atoms with Crippen LogP contribution in [0.1, 0.15) is 25.7 Å². The average Bonchev–Trinajstić information content (AvgIpc) is 2.54. The van der Waals surface area contributed by atoms with Crippen molar-refractivity contribution in [2.24, 2.45) is 11.7 Å². The Morgan fingerprint density at radius 2 is 2.08 bits per heavy atom. The summed E-state index contributed by atoms with van der Waals surface area (Å²) in [5.74, 6) is -1.71. The van der Waals surface area contributed by atoms with E-state index in [-0.39, 0.29) is 12.0 Å². The third kappa shape index (κ3) is 3.82. The molecule has 1 aliphatic carbocycles. The number of sulfonamides is 1. The summed E-state index contributed by atoms with van der Waals surface area (Å²) in [5.41, 5.74) is 4.94. The second kappa shape index (κ2) is 7.41. The number of benzene rings is 1. The zero-order valence-corrected chi connectivity index (χ0v) is 14.0. The fourth-order valence-electron chi connectivity index (χ4n) is 2.96. The highest BCUT2D eigenvalue weighted by atomic mass is 32.2. The first-order valence-corrected chi connectivity index (χ1v) is 9.02. The van der Waals surface area contributed by atoms with Crippen LogP contribution in [0, 0.1) is 21.8 Å². The lowest BCUT2D eigenvalue weighted by Gasteiger charge is -2.31. The second-order valence-electron chi connectivity index (χ2n) is 5.72. The zero-order chi connectivity index (χ0) is 17.9. The van der Waals surface area contributed by atoms with Crippen LogP contribution in [0.5, 0.6) is 5.75 Å². The molecule has 2 unspecified atom stereocenters. The lowest BCUT2D eigenvalue weighted by Crippen LogP contribution is -2.44. The molecule has 0 aliphatic heterocycles. The van der Waals surface area contributed by atoms with Gasteiger partial charge in [-0.25, -0.2) is 17.5 Å². The Balaban J connectivity index is 2.37. The molecule has 10 heteroatoms. The Kier molecular flexibility index (Phi) is 5.73. The van der Waals surface area contributed by atoms with Gasteiger partial charge in [-0.05, 0) is 31.4 Å². The number of ether oxygens (including phenoxy) is 1. The summed E-state index contributed by atoms with van der Waals surface area (Å²) in [6.45, 7) is 0.338. The molecule has 24 heavy (non-hydrogen) atoms. The van der Waals surface area contributed by atoms with Crippen molar-refractivity contribution in [2.75, 3.05) is 13.7 Å². The van der Waals surface area contributed by atoms with Crippen molar-refractivity contribution >= 4 is 15.7 Å². The molecule has 0 amide bonds. The average molecular weight is 361 g/mol. The fraction of sp³-hybridized carbons (Fsp3) is 0.571. The lowest BCUT2D eigenvalue weighted by atomic mass is 9.85. The van der Waals surface area contributed by atoms with Gasteiger partial charge in [0.15, 0.2) is 5.82 Å². The molecule has 1 saturated carbocycles. The Hall–Kier alpha value is -1.78. The molecule has 1 aromatic carbocycles. The summed E-state index contributed by atoms with van der Waals surface area (Å²) in [5, 5.41) is 11.0. The number of rotatable bonds is 6. The van der Waals surface area contributed by atoms with E-state index in [2.05, 4.69) is 9.46 Å². The zero-order valence-electron chi connectivity index (χ0n) is 13.2. The lowest BCUT2D eigenvalue weighted by molar-refractivity contribution is -0.386. The molecule has 134 valence electrons. The monoisotopic (exact) mass is 361 g/mol. The van der Waals surface area contributed by atoms with Crippen LogP contribution in [-0.4, -0.2) is 33.0 Å². The molecule has 0 saturated heterocycles. The first kappa shape index (κ1) is 18.6. The third-order valence-electron chi connectivity index (χ3n) is 4.23. The van der Waals surface area contributed by atoms with Gasteiger partial charge >= 0.3 is 5.69 Å². The van der Waals surface area contributed by atoms with E-state index in [9.17, 15) is 22.9 Å². The predicted octanol–water partition coefficient (Wildman–Crippen LogP) is 1.54. The quantitative estimate of drug-likeness (QED) is 0.585. The predicted molar refractivity (Wildman–Crippen MR) is 84.7 cm³/mol. The number of halogens is 1. The van der Waals surface area contributed by atoms with E-state index >= 15 is 0 Å². The minimum atomic E-state index is -4.11. The Labute approximate surface area is 139 Å². The molecule has 3 N–H and O–H groups in total. The van der Waals surface area contributed by atoms with E-state index in [1.54, 1.807) is 0 Å². The summed E-state index contributed by atoms with van der Waals surface area (Å²) in [7, 11) is -3.04. The smallest absolute Gasteiger partial charge is 0.315 e. The number of nitrogens with two attached hydrogens (primary N) is 1. The summed E-state index contributed by atoms with van der Waals surface area (Å²) in [4.78, 5) is 9.64. The van der Waals surface area contributed by atoms with Crippen LogP contribution < -0.4 is 15.2 Å². The van der Waals surface area contributed by atoms with E-state index in [1.165, 1.54) is 0 Å². The first-order valence-electron chi connectivity index (χ1n) is 7.54. The van der Waals surface area contributed by atoms with Crippen molar-refractivity contribution in [3.8, 4) is 5.75 Å². The van der Waals surface area contributed by atoms with Gasteiger partial charge in [0.1, 0.15) is 0 Å². The molecule has 0 aromatic heterocycles. The van der Waals surface area contributed by atoms with Gasteiger partial charge in [0.05, 0.1) is 16.9 Å². The van der Waals surface area contributed by atoms with Gasteiger partial charge in [-0.15, -0.1) is 0 Å². The van der Waals surface area contributed by atoms with Gasteiger partial charge in [0, 0.05) is 12.1 Å². The van der Waals surface area contributed by atoms with Crippen LogP contribution >= 0.6 is 0 Å². The highest BCUT2D eigenvalue weighted by Gasteiger charge is 2.31. The summed E-state index contributed by atoms with van der Waals surface area (Å²) in [6, 6.07) is 1.15. The summed E-state index contributed by atoms with van der Waals surface area (Å²) < 4.78 is 46.1. The molecule has 2 rings (SSSR count). The minimum absolute atomic E-state index is 0.00777. The fourth-order valence-corrected chi connectivity index (χ4v) is 4.33. The van der Waals surface area contributed by atoms with Crippen molar-refractivity contribution in [1.82, 2.24) is 4.72 Å². The van der Waals surface area contributed by atoms with E-state index in [4.69, 9.17) is 5.73 Å². The van der Waals surface area contributed by atoms with Gasteiger partial charge in [-0.1, -0.05) is 12.8 Å². The summed E-state index contributed by atoms with van der Waals surface area (Å²) >= 11 is 0. The number of methoxy groups -OCH3 is 1. The molecule has 0 bridgehead atoms. The molecule has 1 aromatic rings. The molecular weight excluding hydrogens is 341 g/mol. The Bertz CT molecular complexity index is 725. The molecule has 1 fully saturated rings. The maximum Gasteiger partial charge on any atom is 0.315 e. The van der Waals surface area contributed by atoms with Crippen molar-refractivity contribution in [2.45, 2.75) is 36.6 Å². The largest absolute Gasteiger partial charge is 0.488 e. The van der Waals surface area contributed by atoms with Crippen LogP contribution in [0.25, 0.3) is 0 Å².